The number of aliphatic hydroxyl groups is 1. The van der Waals surface area contributed by atoms with E-state index in [9.17, 15) is 5.11 Å². The van der Waals surface area contributed by atoms with Gasteiger partial charge < -0.3 is 14.6 Å². The van der Waals surface area contributed by atoms with Crippen molar-refractivity contribution in [2.75, 3.05) is 19.7 Å². The summed E-state index contributed by atoms with van der Waals surface area (Å²) in [6.45, 7) is 7.00. The summed E-state index contributed by atoms with van der Waals surface area (Å²) in [5.41, 5.74) is 1.09. The fraction of sp³-hybridized carbons (Fsp3) is 0.600. The summed E-state index contributed by atoms with van der Waals surface area (Å²) in [7, 11) is 0. The van der Waals surface area contributed by atoms with Crippen LogP contribution < -0.4 is 0 Å². The summed E-state index contributed by atoms with van der Waals surface area (Å²) >= 11 is 0. The Kier molecular flexibility index (Phi) is 5.34. The topological polar surface area (TPSA) is 41.9 Å². The number of rotatable bonds is 6. The van der Waals surface area contributed by atoms with Crippen molar-refractivity contribution in [3.05, 3.63) is 35.9 Å². The molecule has 1 aromatic rings. The van der Waals surface area contributed by atoms with Crippen LogP contribution >= 0.6 is 0 Å². The van der Waals surface area contributed by atoms with Crippen LogP contribution in [0.3, 0.4) is 0 Å². The summed E-state index contributed by atoms with van der Waals surface area (Å²) in [5.74, 6) is 0. The Morgan fingerprint density at radius 1 is 1.26 bits per heavy atom. The predicted molar refractivity (Wildman–Crippen MR) is 73.7 cm³/mol. The molecule has 4 heteroatoms. The molecular weight excluding hydrogens is 242 g/mol. The number of hydrogen-bond acceptors (Lipinski definition) is 4. The first kappa shape index (κ1) is 14.5. The van der Waals surface area contributed by atoms with Crippen LogP contribution in [0.5, 0.6) is 0 Å². The monoisotopic (exact) mass is 265 g/mol. The number of likely N-dealkylation sites (N-methyl/N-ethyl adjacent to an activating group) is 1. The van der Waals surface area contributed by atoms with Gasteiger partial charge in [-0.25, -0.2) is 0 Å². The highest BCUT2D eigenvalue weighted by molar-refractivity contribution is 5.13. The van der Waals surface area contributed by atoms with Gasteiger partial charge in [-0.05, 0) is 18.7 Å². The lowest BCUT2D eigenvalue weighted by molar-refractivity contribution is -0.158. The van der Waals surface area contributed by atoms with Gasteiger partial charge in [0.1, 0.15) is 6.10 Å². The molecule has 1 fully saturated rings. The lowest BCUT2D eigenvalue weighted by Gasteiger charge is -2.27. The minimum absolute atomic E-state index is 0.0378. The molecule has 1 aliphatic rings. The van der Waals surface area contributed by atoms with E-state index in [2.05, 4.69) is 18.7 Å². The van der Waals surface area contributed by atoms with Crippen LogP contribution in [-0.2, 0) is 16.1 Å². The third-order valence-electron chi connectivity index (χ3n) is 3.64. The third-order valence-corrected chi connectivity index (χ3v) is 3.64. The average molecular weight is 265 g/mol. The van der Waals surface area contributed by atoms with Crippen molar-refractivity contribution < 1.29 is 14.6 Å². The molecule has 1 heterocycles. The van der Waals surface area contributed by atoms with Crippen LogP contribution in [0.1, 0.15) is 19.4 Å². The molecule has 1 N–H and O–H groups in total. The summed E-state index contributed by atoms with van der Waals surface area (Å²) < 4.78 is 11.2. The lowest BCUT2D eigenvalue weighted by atomic mass is 10.1. The van der Waals surface area contributed by atoms with E-state index in [1.807, 2.05) is 30.3 Å². The van der Waals surface area contributed by atoms with Gasteiger partial charge in [0.15, 0.2) is 6.29 Å². The van der Waals surface area contributed by atoms with Gasteiger partial charge in [0, 0.05) is 0 Å². The maximum atomic E-state index is 10.3. The van der Waals surface area contributed by atoms with Gasteiger partial charge in [0.05, 0.1) is 19.3 Å². The van der Waals surface area contributed by atoms with Gasteiger partial charge in [-0.15, -0.1) is 0 Å². The van der Waals surface area contributed by atoms with E-state index < -0.39 is 12.4 Å². The van der Waals surface area contributed by atoms with Gasteiger partial charge in [0.25, 0.3) is 0 Å². The van der Waals surface area contributed by atoms with Crippen LogP contribution in [0, 0.1) is 0 Å². The highest BCUT2D eigenvalue weighted by Crippen LogP contribution is 2.21. The zero-order valence-corrected chi connectivity index (χ0v) is 11.7. The molecular formula is C15H23NO3. The van der Waals surface area contributed by atoms with Crippen molar-refractivity contribution in [2.24, 2.45) is 0 Å². The van der Waals surface area contributed by atoms with Crippen molar-refractivity contribution in [2.45, 2.75) is 38.9 Å². The van der Waals surface area contributed by atoms with E-state index in [0.29, 0.717) is 13.2 Å². The van der Waals surface area contributed by atoms with Gasteiger partial charge in [0.2, 0.25) is 0 Å². The molecule has 3 atom stereocenters. The van der Waals surface area contributed by atoms with Crippen LogP contribution in [-0.4, -0.2) is 48.1 Å². The standard InChI is InChI=1S/C15H23NO3/c1-3-16(4-2)13-11-19-15(14(13)17)18-10-12-8-6-5-7-9-12/h5-9,13-15,17H,3-4,10-11H2,1-2H3/t13-,14+,15+/m0/s1. The van der Waals surface area contributed by atoms with Crippen molar-refractivity contribution >= 4 is 0 Å². The van der Waals surface area contributed by atoms with E-state index >= 15 is 0 Å². The molecule has 2 rings (SSSR count). The van der Waals surface area contributed by atoms with Crippen molar-refractivity contribution in [3.8, 4) is 0 Å². The summed E-state index contributed by atoms with van der Waals surface area (Å²) in [5, 5.41) is 10.3. The Balaban J connectivity index is 1.86. The van der Waals surface area contributed by atoms with E-state index in [1.54, 1.807) is 0 Å². The average Bonchev–Trinajstić information content (AvgIpc) is 2.81. The Morgan fingerprint density at radius 2 is 1.95 bits per heavy atom. The zero-order chi connectivity index (χ0) is 13.7. The van der Waals surface area contributed by atoms with Crippen LogP contribution in [0.25, 0.3) is 0 Å². The summed E-state index contributed by atoms with van der Waals surface area (Å²) in [6, 6.07) is 9.97. The second-order valence-corrected chi connectivity index (χ2v) is 4.78. The maximum Gasteiger partial charge on any atom is 0.185 e. The number of ether oxygens (including phenoxy) is 2. The summed E-state index contributed by atoms with van der Waals surface area (Å²) in [6.07, 6.45) is -1.10. The Bertz CT molecular complexity index is 367. The smallest absolute Gasteiger partial charge is 0.185 e. The molecule has 4 nitrogen and oxygen atoms in total. The molecule has 0 aromatic heterocycles. The van der Waals surface area contributed by atoms with E-state index in [0.717, 1.165) is 18.7 Å². The predicted octanol–water partition coefficient (Wildman–Crippen LogP) is 1.63. The largest absolute Gasteiger partial charge is 0.386 e. The molecule has 0 bridgehead atoms. The number of aliphatic hydroxyl groups excluding tert-OH is 1. The number of benzene rings is 1. The second-order valence-electron chi connectivity index (χ2n) is 4.78. The molecule has 1 aromatic carbocycles. The van der Waals surface area contributed by atoms with Gasteiger partial charge >= 0.3 is 0 Å². The number of hydrogen-bond donors (Lipinski definition) is 1. The molecule has 0 saturated carbocycles. The van der Waals surface area contributed by atoms with E-state index in [1.165, 1.54) is 0 Å². The molecule has 0 unspecified atom stereocenters. The fourth-order valence-electron chi connectivity index (χ4n) is 2.49. The Labute approximate surface area is 114 Å². The SMILES string of the molecule is CCN(CC)[C@H]1CO[C@@H](OCc2ccccc2)[C@@H]1O. The molecule has 1 saturated heterocycles. The van der Waals surface area contributed by atoms with E-state index in [4.69, 9.17) is 9.47 Å². The van der Waals surface area contributed by atoms with Gasteiger partial charge in [-0.1, -0.05) is 44.2 Å². The highest BCUT2D eigenvalue weighted by atomic mass is 16.7. The molecule has 1 aliphatic heterocycles. The minimum atomic E-state index is -0.580. The Hall–Kier alpha value is -0.940. The third kappa shape index (κ3) is 3.54. The fourth-order valence-corrected chi connectivity index (χ4v) is 2.49. The second kappa shape index (κ2) is 7.01. The highest BCUT2D eigenvalue weighted by Gasteiger charge is 2.39. The summed E-state index contributed by atoms with van der Waals surface area (Å²) in [4.78, 5) is 2.20. The minimum Gasteiger partial charge on any atom is -0.386 e. The van der Waals surface area contributed by atoms with Crippen LogP contribution in [0.2, 0.25) is 0 Å². The van der Waals surface area contributed by atoms with Crippen molar-refractivity contribution in [3.63, 3.8) is 0 Å². The molecule has 19 heavy (non-hydrogen) atoms. The molecule has 106 valence electrons. The Morgan fingerprint density at radius 3 is 2.58 bits per heavy atom. The first-order valence-electron chi connectivity index (χ1n) is 6.95. The van der Waals surface area contributed by atoms with Crippen molar-refractivity contribution in [1.82, 2.24) is 4.90 Å². The lowest BCUT2D eigenvalue weighted by Crippen LogP contribution is -2.44. The first-order chi connectivity index (χ1) is 9.26. The molecule has 0 spiro atoms. The van der Waals surface area contributed by atoms with Gasteiger partial charge in [-0.2, -0.15) is 0 Å². The molecule has 0 radical (unpaired) electrons. The van der Waals surface area contributed by atoms with Crippen LogP contribution in [0.4, 0.5) is 0 Å². The first-order valence-corrected chi connectivity index (χ1v) is 6.95. The number of nitrogens with zero attached hydrogens (tertiary/aromatic N) is 1. The zero-order valence-electron chi connectivity index (χ0n) is 11.7. The van der Waals surface area contributed by atoms with Gasteiger partial charge in [-0.3, -0.25) is 4.90 Å². The maximum absolute atomic E-state index is 10.3. The quantitative estimate of drug-likeness (QED) is 0.849. The molecule has 0 amide bonds. The molecule has 0 aliphatic carbocycles. The van der Waals surface area contributed by atoms with E-state index in [-0.39, 0.29) is 6.04 Å². The normalized spacial score (nSPS) is 27.1. The van der Waals surface area contributed by atoms with Crippen LogP contribution in [0.15, 0.2) is 30.3 Å². The van der Waals surface area contributed by atoms with Crippen molar-refractivity contribution in [1.29, 1.82) is 0 Å².